The number of carbonyl (C=O) groups excluding carboxylic acids is 1. The van der Waals surface area contributed by atoms with Gasteiger partial charge in [0.25, 0.3) is 0 Å². The lowest BCUT2D eigenvalue weighted by atomic mass is 10.1. The predicted octanol–water partition coefficient (Wildman–Crippen LogP) is -0.560. The molecule has 1 heterocycles. The lowest BCUT2D eigenvalue weighted by Crippen LogP contribution is -2.29. The molecule has 1 unspecified atom stereocenters. The van der Waals surface area contributed by atoms with E-state index in [0.29, 0.717) is 0 Å². The van der Waals surface area contributed by atoms with E-state index in [-0.39, 0.29) is 11.8 Å². The molecule has 1 rings (SSSR count). The molecule has 12 heavy (non-hydrogen) atoms. The number of methoxy groups -OCH3 is 1. The molecule has 0 aromatic rings. The van der Waals surface area contributed by atoms with E-state index in [1.54, 1.807) is 7.11 Å². The highest BCUT2D eigenvalue weighted by molar-refractivity contribution is 5.77. The van der Waals surface area contributed by atoms with Gasteiger partial charge in [0, 0.05) is 20.2 Å². The smallest absolute Gasteiger partial charge is 0.221 e. The molecule has 1 amide bonds. The number of primary amides is 1. The number of amides is 1. The Balaban J connectivity index is 2.21. The molecule has 1 atom stereocenters. The van der Waals surface area contributed by atoms with Crippen LogP contribution < -0.4 is 5.73 Å². The van der Waals surface area contributed by atoms with Crippen molar-refractivity contribution in [2.75, 3.05) is 33.4 Å². The van der Waals surface area contributed by atoms with Crippen LogP contribution in [0.15, 0.2) is 0 Å². The Kier molecular flexibility index (Phi) is 3.49. The number of nitrogens with two attached hydrogens (primary N) is 1. The zero-order valence-electron chi connectivity index (χ0n) is 7.45. The van der Waals surface area contributed by atoms with Crippen molar-refractivity contribution < 1.29 is 9.53 Å². The Bertz CT molecular complexity index is 161. The molecule has 1 fully saturated rings. The molecule has 0 aromatic heterocycles. The molecule has 4 heteroatoms. The van der Waals surface area contributed by atoms with Crippen LogP contribution in [-0.4, -0.2) is 44.2 Å². The van der Waals surface area contributed by atoms with Crippen molar-refractivity contribution in [2.24, 2.45) is 11.7 Å². The van der Waals surface area contributed by atoms with E-state index >= 15 is 0 Å². The van der Waals surface area contributed by atoms with Crippen molar-refractivity contribution in [2.45, 2.75) is 6.42 Å². The minimum atomic E-state index is -0.171. The predicted molar refractivity (Wildman–Crippen MR) is 45.6 cm³/mol. The summed E-state index contributed by atoms with van der Waals surface area (Å²) >= 11 is 0. The topological polar surface area (TPSA) is 55.6 Å². The number of rotatable bonds is 4. The summed E-state index contributed by atoms with van der Waals surface area (Å²) in [4.78, 5) is 13.0. The van der Waals surface area contributed by atoms with E-state index in [9.17, 15) is 4.79 Å². The van der Waals surface area contributed by atoms with Gasteiger partial charge in [-0.3, -0.25) is 4.79 Å². The van der Waals surface area contributed by atoms with Gasteiger partial charge >= 0.3 is 0 Å². The maximum Gasteiger partial charge on any atom is 0.221 e. The first kappa shape index (κ1) is 9.48. The molecule has 0 spiro atoms. The molecule has 0 bridgehead atoms. The molecule has 1 aliphatic rings. The van der Waals surface area contributed by atoms with E-state index in [4.69, 9.17) is 10.5 Å². The molecule has 0 aromatic carbocycles. The van der Waals surface area contributed by atoms with Crippen molar-refractivity contribution in [1.82, 2.24) is 4.90 Å². The minimum Gasteiger partial charge on any atom is -0.383 e. The Morgan fingerprint density at radius 3 is 3.00 bits per heavy atom. The van der Waals surface area contributed by atoms with E-state index in [2.05, 4.69) is 4.90 Å². The van der Waals surface area contributed by atoms with Crippen molar-refractivity contribution in [3.63, 3.8) is 0 Å². The van der Waals surface area contributed by atoms with Crippen molar-refractivity contribution in [3.05, 3.63) is 0 Å². The summed E-state index contributed by atoms with van der Waals surface area (Å²) in [7, 11) is 1.68. The van der Waals surface area contributed by atoms with Crippen LogP contribution in [0.4, 0.5) is 0 Å². The summed E-state index contributed by atoms with van der Waals surface area (Å²) in [6.45, 7) is 3.40. The fraction of sp³-hybridized carbons (Fsp3) is 0.875. The van der Waals surface area contributed by atoms with Crippen LogP contribution in [-0.2, 0) is 9.53 Å². The van der Waals surface area contributed by atoms with Gasteiger partial charge in [0.1, 0.15) is 0 Å². The molecular formula is C8H16N2O2. The van der Waals surface area contributed by atoms with E-state index in [1.807, 2.05) is 0 Å². The van der Waals surface area contributed by atoms with Crippen LogP contribution in [0.5, 0.6) is 0 Å². The van der Waals surface area contributed by atoms with Crippen LogP contribution in [0, 0.1) is 5.92 Å². The molecule has 1 saturated heterocycles. The third-order valence-corrected chi connectivity index (χ3v) is 2.29. The summed E-state index contributed by atoms with van der Waals surface area (Å²) in [6, 6.07) is 0. The highest BCUT2D eigenvalue weighted by atomic mass is 16.5. The first-order valence-electron chi connectivity index (χ1n) is 4.24. The van der Waals surface area contributed by atoms with Crippen molar-refractivity contribution >= 4 is 5.91 Å². The second-order valence-corrected chi connectivity index (χ2v) is 3.18. The van der Waals surface area contributed by atoms with Gasteiger partial charge in [-0.25, -0.2) is 0 Å². The Morgan fingerprint density at radius 1 is 1.75 bits per heavy atom. The number of nitrogens with zero attached hydrogens (tertiary/aromatic N) is 1. The van der Waals surface area contributed by atoms with Gasteiger partial charge in [0.05, 0.1) is 12.5 Å². The highest BCUT2D eigenvalue weighted by Crippen LogP contribution is 2.14. The molecule has 0 radical (unpaired) electrons. The maximum atomic E-state index is 10.8. The van der Waals surface area contributed by atoms with Crippen LogP contribution >= 0.6 is 0 Å². The van der Waals surface area contributed by atoms with Gasteiger partial charge in [0.15, 0.2) is 0 Å². The lowest BCUT2D eigenvalue weighted by molar-refractivity contribution is -0.121. The third kappa shape index (κ3) is 2.46. The standard InChI is InChI=1S/C8H16N2O2/c1-12-5-4-10-3-2-7(6-10)8(9)11/h7H,2-6H2,1H3,(H2,9,11). The zero-order chi connectivity index (χ0) is 8.97. The second kappa shape index (κ2) is 4.42. The van der Waals surface area contributed by atoms with Gasteiger partial charge in [-0.1, -0.05) is 0 Å². The fourth-order valence-electron chi connectivity index (χ4n) is 1.49. The normalized spacial score (nSPS) is 24.6. The van der Waals surface area contributed by atoms with E-state index in [1.165, 1.54) is 0 Å². The van der Waals surface area contributed by atoms with Crippen LogP contribution in [0.3, 0.4) is 0 Å². The summed E-state index contributed by atoms with van der Waals surface area (Å²) in [6.07, 6.45) is 0.902. The quantitative estimate of drug-likeness (QED) is 0.618. The summed E-state index contributed by atoms with van der Waals surface area (Å²) in [5, 5.41) is 0. The summed E-state index contributed by atoms with van der Waals surface area (Å²) < 4.78 is 4.94. The summed E-state index contributed by atoms with van der Waals surface area (Å²) in [5.74, 6) is -0.114. The molecule has 2 N–H and O–H groups in total. The Morgan fingerprint density at radius 2 is 2.50 bits per heavy atom. The minimum absolute atomic E-state index is 0.0573. The van der Waals surface area contributed by atoms with Crippen molar-refractivity contribution in [3.8, 4) is 0 Å². The summed E-state index contributed by atoms with van der Waals surface area (Å²) in [5.41, 5.74) is 5.19. The van der Waals surface area contributed by atoms with Gasteiger partial charge in [-0.05, 0) is 13.0 Å². The monoisotopic (exact) mass is 172 g/mol. The number of likely N-dealkylation sites (tertiary alicyclic amines) is 1. The van der Waals surface area contributed by atoms with Gasteiger partial charge < -0.3 is 15.4 Å². The van der Waals surface area contributed by atoms with Gasteiger partial charge in [-0.2, -0.15) is 0 Å². The fourth-order valence-corrected chi connectivity index (χ4v) is 1.49. The third-order valence-electron chi connectivity index (χ3n) is 2.29. The first-order chi connectivity index (χ1) is 5.74. The molecule has 70 valence electrons. The molecule has 1 aliphatic heterocycles. The second-order valence-electron chi connectivity index (χ2n) is 3.18. The van der Waals surface area contributed by atoms with Crippen LogP contribution in [0.2, 0.25) is 0 Å². The van der Waals surface area contributed by atoms with E-state index in [0.717, 1.165) is 32.7 Å². The van der Waals surface area contributed by atoms with Crippen molar-refractivity contribution in [1.29, 1.82) is 0 Å². The first-order valence-corrected chi connectivity index (χ1v) is 4.24. The van der Waals surface area contributed by atoms with E-state index < -0.39 is 0 Å². The average Bonchev–Trinajstić information content (AvgIpc) is 2.48. The number of hydrogen-bond donors (Lipinski definition) is 1. The number of carbonyl (C=O) groups is 1. The molecule has 0 saturated carbocycles. The molecule has 4 nitrogen and oxygen atoms in total. The number of hydrogen-bond acceptors (Lipinski definition) is 3. The molecule has 0 aliphatic carbocycles. The maximum absolute atomic E-state index is 10.8. The zero-order valence-corrected chi connectivity index (χ0v) is 7.45. The largest absolute Gasteiger partial charge is 0.383 e. The SMILES string of the molecule is COCCN1CCC(C(N)=O)C1. The van der Waals surface area contributed by atoms with Crippen LogP contribution in [0.25, 0.3) is 0 Å². The Hall–Kier alpha value is -0.610. The number of ether oxygens (including phenoxy) is 1. The Labute approximate surface area is 72.7 Å². The van der Waals surface area contributed by atoms with Crippen LogP contribution in [0.1, 0.15) is 6.42 Å². The lowest BCUT2D eigenvalue weighted by Gasteiger charge is -2.13. The highest BCUT2D eigenvalue weighted by Gasteiger charge is 2.25. The van der Waals surface area contributed by atoms with Gasteiger partial charge in [0.2, 0.25) is 5.91 Å². The average molecular weight is 172 g/mol. The molecular weight excluding hydrogens is 156 g/mol. The van der Waals surface area contributed by atoms with Gasteiger partial charge in [-0.15, -0.1) is 0 Å².